The van der Waals surface area contributed by atoms with Crippen molar-refractivity contribution < 1.29 is 14.4 Å². The predicted molar refractivity (Wildman–Crippen MR) is 77.5 cm³/mol. The molecule has 110 valence electrons. The lowest BCUT2D eigenvalue weighted by molar-refractivity contribution is -0.384. The summed E-state index contributed by atoms with van der Waals surface area (Å²) in [6, 6.07) is 11.2. The maximum Gasteiger partial charge on any atom is 0.292 e. The number of benzene rings is 2. The number of nitrogens with one attached hydrogen (secondary N) is 1. The summed E-state index contributed by atoms with van der Waals surface area (Å²) in [6.07, 6.45) is -0.912. The van der Waals surface area contributed by atoms with Gasteiger partial charge in [0.25, 0.3) is 5.69 Å². The number of halogens is 1. The number of aliphatic hydroxyl groups is 1. The van der Waals surface area contributed by atoms with Gasteiger partial charge in [0.2, 0.25) is 0 Å². The van der Waals surface area contributed by atoms with E-state index in [-0.39, 0.29) is 11.5 Å². The molecule has 0 saturated carbocycles. The summed E-state index contributed by atoms with van der Waals surface area (Å²) in [5, 5.41) is 24.1. The molecule has 0 aromatic heterocycles. The fourth-order valence-electron chi connectivity index (χ4n) is 2.03. The van der Waals surface area contributed by atoms with E-state index >= 15 is 0 Å². The van der Waals surface area contributed by atoms with Crippen molar-refractivity contribution in [3.8, 4) is 0 Å². The molecule has 0 amide bonds. The quantitative estimate of drug-likeness (QED) is 0.654. The van der Waals surface area contributed by atoms with Gasteiger partial charge in [-0.15, -0.1) is 0 Å². The number of hydrogen-bond donors (Lipinski definition) is 2. The Kier molecular flexibility index (Phi) is 4.49. The number of hydrogen-bond acceptors (Lipinski definition) is 4. The van der Waals surface area contributed by atoms with E-state index in [0.29, 0.717) is 11.3 Å². The molecule has 0 radical (unpaired) electrons. The summed E-state index contributed by atoms with van der Waals surface area (Å²) in [7, 11) is 0. The predicted octanol–water partition coefficient (Wildman–Crippen LogP) is 3.27. The lowest BCUT2D eigenvalue weighted by atomic mass is 10.0. The highest BCUT2D eigenvalue weighted by molar-refractivity contribution is 5.61. The minimum absolute atomic E-state index is 0.0596. The molecule has 6 heteroatoms. The Balaban J connectivity index is 2.16. The van der Waals surface area contributed by atoms with Crippen LogP contribution in [0.1, 0.15) is 18.6 Å². The minimum atomic E-state index is -0.912. The fourth-order valence-corrected chi connectivity index (χ4v) is 2.03. The molecule has 2 unspecified atom stereocenters. The second-order valence-corrected chi connectivity index (χ2v) is 4.70. The van der Waals surface area contributed by atoms with Gasteiger partial charge in [0.15, 0.2) is 0 Å². The number of anilines is 1. The number of aliphatic hydroxyl groups excluding tert-OH is 1. The number of nitro groups is 1. The summed E-state index contributed by atoms with van der Waals surface area (Å²) < 4.78 is 12.9. The topological polar surface area (TPSA) is 75.4 Å². The molecule has 0 aliphatic heterocycles. The van der Waals surface area contributed by atoms with Crippen LogP contribution in [-0.4, -0.2) is 16.1 Å². The van der Waals surface area contributed by atoms with Gasteiger partial charge in [-0.2, -0.15) is 0 Å². The van der Waals surface area contributed by atoms with E-state index in [1.807, 2.05) is 0 Å². The van der Waals surface area contributed by atoms with Crippen LogP contribution in [0.15, 0.2) is 48.5 Å². The first-order valence-electron chi connectivity index (χ1n) is 6.42. The van der Waals surface area contributed by atoms with E-state index in [1.165, 1.54) is 30.3 Å². The smallest absolute Gasteiger partial charge is 0.292 e. The number of rotatable bonds is 5. The van der Waals surface area contributed by atoms with Gasteiger partial charge in [-0.05, 0) is 30.7 Å². The Morgan fingerprint density at radius 2 is 1.81 bits per heavy atom. The standard InChI is InChI=1S/C15H15FN2O3/c1-10(15(19)11-6-8-12(16)9-7-11)17-13-4-2-3-5-14(13)18(20)21/h2-10,15,17,19H,1H3. The van der Waals surface area contributed by atoms with E-state index in [1.54, 1.807) is 25.1 Å². The molecule has 2 aromatic carbocycles. The van der Waals surface area contributed by atoms with Gasteiger partial charge in [0.1, 0.15) is 11.5 Å². The van der Waals surface area contributed by atoms with Crippen LogP contribution in [0.25, 0.3) is 0 Å². The highest BCUT2D eigenvalue weighted by atomic mass is 19.1. The lowest BCUT2D eigenvalue weighted by Gasteiger charge is -2.21. The number of para-hydroxylation sites is 2. The van der Waals surface area contributed by atoms with Crippen LogP contribution in [0.5, 0.6) is 0 Å². The molecule has 0 spiro atoms. The van der Waals surface area contributed by atoms with Crippen LogP contribution in [0, 0.1) is 15.9 Å². The van der Waals surface area contributed by atoms with Crippen molar-refractivity contribution in [2.24, 2.45) is 0 Å². The molecule has 0 heterocycles. The van der Waals surface area contributed by atoms with Gasteiger partial charge in [-0.25, -0.2) is 4.39 Å². The highest BCUT2D eigenvalue weighted by Gasteiger charge is 2.20. The lowest BCUT2D eigenvalue weighted by Crippen LogP contribution is -2.24. The van der Waals surface area contributed by atoms with E-state index in [0.717, 1.165) is 0 Å². The average Bonchev–Trinajstić information content (AvgIpc) is 2.47. The Morgan fingerprint density at radius 1 is 1.19 bits per heavy atom. The third-order valence-electron chi connectivity index (χ3n) is 3.17. The van der Waals surface area contributed by atoms with Crippen molar-refractivity contribution in [3.05, 3.63) is 70.0 Å². The molecule has 5 nitrogen and oxygen atoms in total. The van der Waals surface area contributed by atoms with Gasteiger partial charge < -0.3 is 10.4 Å². The first kappa shape index (κ1) is 14.9. The maximum atomic E-state index is 12.9. The zero-order valence-corrected chi connectivity index (χ0v) is 11.4. The Labute approximate surface area is 121 Å². The van der Waals surface area contributed by atoms with Crippen molar-refractivity contribution in [1.29, 1.82) is 0 Å². The van der Waals surface area contributed by atoms with E-state index in [2.05, 4.69) is 5.32 Å². The second-order valence-electron chi connectivity index (χ2n) is 4.70. The molecule has 0 bridgehead atoms. The molecule has 0 aliphatic carbocycles. The molecular weight excluding hydrogens is 275 g/mol. The maximum absolute atomic E-state index is 12.9. The average molecular weight is 290 g/mol. The first-order valence-corrected chi connectivity index (χ1v) is 6.42. The van der Waals surface area contributed by atoms with Crippen LogP contribution in [0.2, 0.25) is 0 Å². The molecule has 2 N–H and O–H groups in total. The third-order valence-corrected chi connectivity index (χ3v) is 3.17. The van der Waals surface area contributed by atoms with E-state index in [9.17, 15) is 19.6 Å². The number of nitro benzene ring substituents is 1. The van der Waals surface area contributed by atoms with Crippen LogP contribution in [0.4, 0.5) is 15.8 Å². The number of nitrogens with zero attached hydrogens (tertiary/aromatic N) is 1. The minimum Gasteiger partial charge on any atom is -0.386 e. The van der Waals surface area contributed by atoms with Crippen LogP contribution < -0.4 is 5.32 Å². The zero-order valence-electron chi connectivity index (χ0n) is 11.4. The van der Waals surface area contributed by atoms with Crippen molar-refractivity contribution in [2.45, 2.75) is 19.1 Å². The fraction of sp³-hybridized carbons (Fsp3) is 0.200. The summed E-state index contributed by atoms with van der Waals surface area (Å²) in [5.74, 6) is -0.384. The van der Waals surface area contributed by atoms with Crippen LogP contribution in [-0.2, 0) is 0 Å². The normalized spacial score (nSPS) is 13.5. The van der Waals surface area contributed by atoms with Crippen molar-refractivity contribution in [1.82, 2.24) is 0 Å². The van der Waals surface area contributed by atoms with E-state index < -0.39 is 17.1 Å². The summed E-state index contributed by atoms with van der Waals surface area (Å²) in [6.45, 7) is 1.70. The third kappa shape index (κ3) is 3.55. The van der Waals surface area contributed by atoms with Gasteiger partial charge in [0, 0.05) is 6.07 Å². The molecule has 2 rings (SSSR count). The van der Waals surface area contributed by atoms with Crippen molar-refractivity contribution >= 4 is 11.4 Å². The van der Waals surface area contributed by atoms with Gasteiger partial charge in [0.05, 0.1) is 17.1 Å². The first-order chi connectivity index (χ1) is 9.99. The van der Waals surface area contributed by atoms with E-state index in [4.69, 9.17) is 0 Å². The van der Waals surface area contributed by atoms with Crippen molar-refractivity contribution in [2.75, 3.05) is 5.32 Å². The molecule has 0 fully saturated rings. The molecule has 21 heavy (non-hydrogen) atoms. The van der Waals surface area contributed by atoms with Crippen LogP contribution in [0.3, 0.4) is 0 Å². The summed E-state index contributed by atoms with van der Waals surface area (Å²) in [4.78, 5) is 10.5. The second kappa shape index (κ2) is 6.32. The van der Waals surface area contributed by atoms with Crippen molar-refractivity contribution in [3.63, 3.8) is 0 Å². The zero-order chi connectivity index (χ0) is 15.4. The molecule has 0 aliphatic rings. The molecule has 2 atom stereocenters. The van der Waals surface area contributed by atoms with Gasteiger partial charge in [-0.3, -0.25) is 10.1 Å². The monoisotopic (exact) mass is 290 g/mol. The summed E-state index contributed by atoms with van der Waals surface area (Å²) in [5.41, 5.74) is 0.807. The molecule has 2 aromatic rings. The van der Waals surface area contributed by atoms with Crippen LogP contribution >= 0.6 is 0 Å². The summed E-state index contributed by atoms with van der Waals surface area (Å²) >= 11 is 0. The Morgan fingerprint density at radius 3 is 2.43 bits per heavy atom. The Bertz CT molecular complexity index is 631. The largest absolute Gasteiger partial charge is 0.386 e. The highest BCUT2D eigenvalue weighted by Crippen LogP contribution is 2.27. The molecular formula is C15H15FN2O3. The Hall–Kier alpha value is -2.47. The van der Waals surface area contributed by atoms with Gasteiger partial charge >= 0.3 is 0 Å². The SMILES string of the molecule is CC(Nc1ccccc1[N+](=O)[O-])C(O)c1ccc(F)cc1. The molecule has 0 saturated heterocycles. The van der Waals surface area contributed by atoms with Gasteiger partial charge in [-0.1, -0.05) is 24.3 Å².